The summed E-state index contributed by atoms with van der Waals surface area (Å²) in [5.41, 5.74) is 0. The predicted molar refractivity (Wildman–Crippen MR) is 36.8 cm³/mol. The molecule has 0 aromatic carbocycles. The Morgan fingerprint density at radius 2 is 2.07 bits per heavy atom. The molecule has 0 spiro atoms. The van der Waals surface area contributed by atoms with E-state index in [1.54, 1.807) is 0 Å². The van der Waals surface area contributed by atoms with Gasteiger partial charge in [-0.15, -0.1) is 0 Å². The summed E-state index contributed by atoms with van der Waals surface area (Å²) in [5.74, 6) is -1.03. The Kier molecular flexibility index (Phi) is 2.38. The monoisotopic (exact) mass is 226 g/mol. The van der Waals surface area contributed by atoms with Gasteiger partial charge in [-0.1, -0.05) is 3.89 Å². The molecule has 1 rings (SSSR count). The second-order valence-corrected chi connectivity index (χ2v) is 3.25. The molecule has 1 aliphatic heterocycles. The van der Waals surface area contributed by atoms with Crippen LogP contribution in [-0.4, -0.2) is 38.0 Å². The van der Waals surface area contributed by atoms with Crippen LogP contribution in [0.25, 0.3) is 0 Å². The molecule has 1 saturated heterocycles. The molecule has 1 N–H and O–H groups in total. The van der Waals surface area contributed by atoms with Gasteiger partial charge in [0.1, 0.15) is 6.54 Å². The largest absolute Gasteiger partial charge is 0.426 e. The molecule has 78 valence electrons. The third kappa shape index (κ3) is 2.39. The molecular formula is C4H3FN2O6S. The number of hydrogen-bond donors (Lipinski definition) is 1. The van der Waals surface area contributed by atoms with E-state index in [2.05, 4.69) is 4.74 Å². The molecule has 14 heavy (non-hydrogen) atoms. The van der Waals surface area contributed by atoms with E-state index >= 15 is 0 Å². The normalized spacial score (nSPS) is 16.8. The Bertz CT molecular complexity index is 402. The lowest BCUT2D eigenvalue weighted by molar-refractivity contribution is -0.132. The summed E-state index contributed by atoms with van der Waals surface area (Å²) in [6.45, 7) is -0.750. The Morgan fingerprint density at radius 1 is 1.50 bits per heavy atom. The first-order valence-corrected chi connectivity index (χ1v) is 4.46. The van der Waals surface area contributed by atoms with Crippen LogP contribution in [0, 0.1) is 0 Å². The average molecular weight is 226 g/mol. The number of hydrogen-bond acceptors (Lipinski definition) is 6. The number of nitrogens with zero attached hydrogens (tertiary/aromatic N) is 1. The summed E-state index contributed by atoms with van der Waals surface area (Å²) < 4.78 is 36.5. The van der Waals surface area contributed by atoms with E-state index < -0.39 is 35.0 Å². The number of urea groups is 1. The van der Waals surface area contributed by atoms with E-state index in [4.69, 9.17) is 0 Å². The molecule has 0 aromatic heterocycles. The fraction of sp³-hybridized carbons (Fsp3) is 0.250. The molecule has 0 radical (unpaired) electrons. The van der Waals surface area contributed by atoms with Crippen molar-refractivity contribution < 1.29 is 31.4 Å². The van der Waals surface area contributed by atoms with Gasteiger partial charge >= 0.3 is 28.5 Å². The molecule has 8 nitrogen and oxygen atoms in total. The van der Waals surface area contributed by atoms with Crippen molar-refractivity contribution in [3.05, 3.63) is 0 Å². The minimum atomic E-state index is -5.26. The van der Waals surface area contributed by atoms with Gasteiger partial charge in [-0.25, -0.2) is 24.0 Å². The Hall–Kier alpha value is -1.71. The Labute approximate surface area is 77.0 Å². The number of halogens is 1. The number of imide groups is 1. The van der Waals surface area contributed by atoms with Crippen LogP contribution in [0.4, 0.5) is 13.5 Å². The first-order valence-electron chi connectivity index (χ1n) is 3.08. The van der Waals surface area contributed by atoms with Gasteiger partial charge in [-0.2, -0.15) is 8.42 Å². The van der Waals surface area contributed by atoms with Crippen molar-refractivity contribution in [3.8, 4) is 0 Å². The summed E-state index contributed by atoms with van der Waals surface area (Å²) in [5, 5.41) is 0. The van der Waals surface area contributed by atoms with Crippen LogP contribution in [0.15, 0.2) is 0 Å². The minimum Gasteiger partial charge on any atom is -0.374 e. The molecule has 10 heteroatoms. The van der Waals surface area contributed by atoms with Gasteiger partial charge in [0.25, 0.3) is 0 Å². The number of esters is 1. The maximum absolute atomic E-state index is 11.9. The molecule has 1 heterocycles. The van der Waals surface area contributed by atoms with E-state index in [1.165, 1.54) is 0 Å². The predicted octanol–water partition coefficient (Wildman–Crippen LogP) is -1.11. The number of rotatable bonds is 1. The standard InChI is InChI=1S/C4H3FN2O6S/c5-14(11,12)6-3(9)7-1-2(8)13-4(7)10/h1H2,(H,6,9). The maximum Gasteiger partial charge on any atom is 0.426 e. The van der Waals surface area contributed by atoms with Gasteiger partial charge in [0, 0.05) is 0 Å². The van der Waals surface area contributed by atoms with Crippen LogP contribution >= 0.6 is 0 Å². The third-order valence-corrected chi connectivity index (χ3v) is 1.58. The van der Waals surface area contributed by atoms with Crippen LogP contribution < -0.4 is 4.72 Å². The summed E-state index contributed by atoms with van der Waals surface area (Å²) in [6, 6.07) is -1.58. The van der Waals surface area contributed by atoms with Gasteiger partial charge in [0.05, 0.1) is 0 Å². The fourth-order valence-electron chi connectivity index (χ4n) is 0.693. The van der Waals surface area contributed by atoms with Crippen molar-refractivity contribution in [3.63, 3.8) is 0 Å². The van der Waals surface area contributed by atoms with Gasteiger partial charge < -0.3 is 4.74 Å². The van der Waals surface area contributed by atoms with Crippen molar-refractivity contribution in [1.29, 1.82) is 0 Å². The van der Waals surface area contributed by atoms with Gasteiger partial charge in [-0.05, 0) is 0 Å². The Balaban J connectivity index is 2.72. The van der Waals surface area contributed by atoms with Gasteiger partial charge in [-0.3, -0.25) is 0 Å². The molecule has 1 aliphatic rings. The van der Waals surface area contributed by atoms with Crippen LogP contribution in [-0.2, 0) is 19.9 Å². The number of cyclic esters (lactones) is 2. The highest BCUT2D eigenvalue weighted by atomic mass is 32.3. The molecule has 1 fully saturated rings. The highest BCUT2D eigenvalue weighted by Gasteiger charge is 2.36. The van der Waals surface area contributed by atoms with Gasteiger partial charge in [0.2, 0.25) is 0 Å². The van der Waals surface area contributed by atoms with Crippen LogP contribution in [0.3, 0.4) is 0 Å². The summed E-state index contributed by atoms with van der Waals surface area (Å²) in [6.07, 6.45) is -1.35. The summed E-state index contributed by atoms with van der Waals surface area (Å²) in [7, 11) is -5.26. The zero-order valence-electron chi connectivity index (χ0n) is 6.39. The molecule has 0 aliphatic carbocycles. The van der Waals surface area contributed by atoms with E-state index in [9.17, 15) is 26.7 Å². The number of nitrogens with one attached hydrogen (secondary N) is 1. The molecule has 0 saturated carbocycles. The third-order valence-electron chi connectivity index (χ3n) is 1.16. The van der Waals surface area contributed by atoms with Crippen LogP contribution in [0.5, 0.6) is 0 Å². The summed E-state index contributed by atoms with van der Waals surface area (Å²) in [4.78, 5) is 31.9. The quantitative estimate of drug-likeness (QED) is 0.345. The topological polar surface area (TPSA) is 110 Å². The van der Waals surface area contributed by atoms with Crippen molar-refractivity contribution in [2.24, 2.45) is 0 Å². The van der Waals surface area contributed by atoms with Crippen LogP contribution in [0.2, 0.25) is 0 Å². The lowest BCUT2D eigenvalue weighted by Gasteiger charge is -2.07. The smallest absolute Gasteiger partial charge is 0.374 e. The molecular weight excluding hydrogens is 223 g/mol. The second-order valence-electron chi connectivity index (χ2n) is 2.17. The average Bonchev–Trinajstić information content (AvgIpc) is 2.26. The first-order chi connectivity index (χ1) is 6.29. The van der Waals surface area contributed by atoms with E-state index in [0.29, 0.717) is 0 Å². The molecule has 0 unspecified atom stereocenters. The number of ether oxygens (including phenoxy) is 1. The number of amides is 3. The lowest BCUT2D eigenvalue weighted by Crippen LogP contribution is -2.42. The maximum atomic E-state index is 11.9. The number of carbonyl (C=O) groups is 3. The van der Waals surface area contributed by atoms with E-state index in [0.717, 1.165) is 4.72 Å². The van der Waals surface area contributed by atoms with Crippen molar-refractivity contribution in [1.82, 2.24) is 9.62 Å². The minimum absolute atomic E-state index is 0.111. The van der Waals surface area contributed by atoms with Crippen LogP contribution in [0.1, 0.15) is 0 Å². The Morgan fingerprint density at radius 3 is 2.43 bits per heavy atom. The van der Waals surface area contributed by atoms with Gasteiger partial charge in [0.15, 0.2) is 0 Å². The lowest BCUT2D eigenvalue weighted by atomic mass is 10.6. The second kappa shape index (κ2) is 3.21. The molecule has 0 atom stereocenters. The highest BCUT2D eigenvalue weighted by Crippen LogP contribution is 2.05. The molecule has 0 bridgehead atoms. The van der Waals surface area contributed by atoms with Crippen molar-refractivity contribution >= 4 is 28.5 Å². The van der Waals surface area contributed by atoms with Crippen molar-refractivity contribution in [2.75, 3.05) is 6.54 Å². The SMILES string of the molecule is O=C1CN(C(=O)NS(=O)(=O)F)C(=O)O1. The molecule has 3 amide bonds. The fourth-order valence-corrected chi connectivity index (χ4v) is 1.01. The van der Waals surface area contributed by atoms with E-state index in [-0.39, 0.29) is 4.90 Å². The zero-order chi connectivity index (χ0) is 10.9. The highest BCUT2D eigenvalue weighted by molar-refractivity contribution is 7.84. The van der Waals surface area contributed by atoms with E-state index in [1.807, 2.05) is 0 Å². The number of carbonyl (C=O) groups excluding carboxylic acids is 3. The zero-order valence-corrected chi connectivity index (χ0v) is 7.21. The molecule has 0 aromatic rings. The first kappa shape index (κ1) is 10.4. The van der Waals surface area contributed by atoms with Crippen molar-refractivity contribution in [2.45, 2.75) is 0 Å². The summed E-state index contributed by atoms with van der Waals surface area (Å²) >= 11 is 0.